The number of nitrogens with zero attached hydrogens (tertiary/aromatic N) is 1. The van der Waals surface area contributed by atoms with Crippen LogP contribution in [0, 0.1) is 51.2 Å². The topological polar surface area (TPSA) is 110 Å². The van der Waals surface area contributed by atoms with Crippen molar-refractivity contribution in [2.24, 2.45) is 51.2 Å². The second-order valence-corrected chi connectivity index (χ2v) is 17.9. The number of esters is 1. The summed E-state index contributed by atoms with van der Waals surface area (Å²) in [6.07, 6.45) is 8.61. The molecule has 4 fully saturated rings. The van der Waals surface area contributed by atoms with Crippen LogP contribution in [0.1, 0.15) is 120 Å². The highest BCUT2D eigenvalue weighted by Gasteiger charge is 2.67. The van der Waals surface area contributed by atoms with E-state index in [-0.39, 0.29) is 58.8 Å². The van der Waals surface area contributed by atoms with Crippen LogP contribution in [0.5, 0.6) is 0 Å². The summed E-state index contributed by atoms with van der Waals surface area (Å²) in [7, 11) is 3.16. The molecule has 0 heterocycles. The molecule has 1 N–H and O–H groups in total. The van der Waals surface area contributed by atoms with E-state index in [4.69, 9.17) is 4.74 Å². The van der Waals surface area contributed by atoms with Gasteiger partial charge in [0.15, 0.2) is 5.78 Å². The summed E-state index contributed by atoms with van der Waals surface area (Å²) < 4.78 is 6.15. The standard InChI is InChI=1S/C38H58N2O6/c1-22(2)30-25(42)19-38(39-32(44)33(45)40(9)10)18-13-24-23(31(30)38)11-12-27-36(24,7)16-14-26-35(5,6)28(15-17-37(26,27)8)46-29(43)20-34(3,4)21-41/h21-24,26-28H,11-20H2,1-10H3,(H,39,44). The predicted molar refractivity (Wildman–Crippen MR) is 176 cm³/mol. The number of rotatable bonds is 6. The maximum Gasteiger partial charge on any atom is 0.311 e. The molecule has 0 bridgehead atoms. The van der Waals surface area contributed by atoms with Gasteiger partial charge in [-0.15, -0.1) is 0 Å². The zero-order valence-corrected chi connectivity index (χ0v) is 30.0. The van der Waals surface area contributed by atoms with Crippen molar-refractivity contribution < 1.29 is 28.7 Å². The van der Waals surface area contributed by atoms with Gasteiger partial charge in [-0.3, -0.25) is 19.2 Å². The number of hydrogen-bond acceptors (Lipinski definition) is 6. The number of ether oxygens (including phenoxy) is 1. The van der Waals surface area contributed by atoms with Crippen molar-refractivity contribution in [3.05, 3.63) is 11.1 Å². The fraction of sp³-hybridized carbons (Fsp3) is 0.816. The Bertz CT molecular complexity index is 1340. The van der Waals surface area contributed by atoms with E-state index >= 15 is 0 Å². The summed E-state index contributed by atoms with van der Waals surface area (Å²) in [6.45, 7) is 17.3. The minimum Gasteiger partial charge on any atom is -0.462 e. The third kappa shape index (κ3) is 5.38. The van der Waals surface area contributed by atoms with Gasteiger partial charge < -0.3 is 19.7 Å². The fourth-order valence-corrected chi connectivity index (χ4v) is 11.7. The fourth-order valence-electron chi connectivity index (χ4n) is 11.7. The molecule has 8 atom stereocenters. The molecule has 4 saturated carbocycles. The number of carbonyl (C=O) groups is 5. The molecule has 2 amide bonds. The highest BCUT2D eigenvalue weighted by molar-refractivity contribution is 6.35. The molecule has 256 valence electrons. The molecule has 0 saturated heterocycles. The maximum atomic E-state index is 13.7. The lowest BCUT2D eigenvalue weighted by molar-refractivity contribution is -0.213. The molecule has 0 aromatic heterocycles. The Balaban J connectivity index is 1.43. The molecule has 46 heavy (non-hydrogen) atoms. The van der Waals surface area contributed by atoms with Gasteiger partial charge in [0.05, 0.1) is 12.0 Å². The van der Waals surface area contributed by atoms with Gasteiger partial charge in [0.1, 0.15) is 12.4 Å². The number of Topliss-reactive ketones (excluding diaryl/α,β-unsaturated/α-hetero) is 1. The first-order chi connectivity index (χ1) is 21.2. The Morgan fingerprint density at radius 1 is 0.957 bits per heavy atom. The number of aldehydes is 1. The monoisotopic (exact) mass is 638 g/mol. The van der Waals surface area contributed by atoms with Crippen LogP contribution in [-0.4, -0.2) is 60.5 Å². The van der Waals surface area contributed by atoms with E-state index in [2.05, 4.69) is 46.9 Å². The Kier molecular flexibility index (Phi) is 8.76. The van der Waals surface area contributed by atoms with Crippen LogP contribution in [0.15, 0.2) is 11.1 Å². The minimum atomic E-state index is -0.771. The van der Waals surface area contributed by atoms with E-state index in [1.54, 1.807) is 27.9 Å². The smallest absolute Gasteiger partial charge is 0.311 e. The van der Waals surface area contributed by atoms with Crippen molar-refractivity contribution in [2.45, 2.75) is 131 Å². The zero-order chi connectivity index (χ0) is 34.2. The molecular weight excluding hydrogens is 580 g/mol. The first-order valence-corrected chi connectivity index (χ1v) is 17.7. The highest BCUT2D eigenvalue weighted by Crippen LogP contribution is 2.72. The van der Waals surface area contributed by atoms with Crippen LogP contribution in [0.3, 0.4) is 0 Å². The third-order valence-corrected chi connectivity index (χ3v) is 13.7. The number of amides is 2. The van der Waals surface area contributed by atoms with Crippen molar-refractivity contribution in [1.82, 2.24) is 10.2 Å². The van der Waals surface area contributed by atoms with Crippen LogP contribution >= 0.6 is 0 Å². The lowest BCUT2D eigenvalue weighted by Crippen LogP contribution is -2.64. The van der Waals surface area contributed by atoms with Crippen molar-refractivity contribution in [3.8, 4) is 0 Å². The van der Waals surface area contributed by atoms with E-state index in [1.165, 1.54) is 4.90 Å². The van der Waals surface area contributed by atoms with Crippen LogP contribution < -0.4 is 5.32 Å². The quantitative estimate of drug-likeness (QED) is 0.215. The lowest BCUT2D eigenvalue weighted by atomic mass is 9.37. The molecule has 5 rings (SSSR count). The van der Waals surface area contributed by atoms with Crippen LogP contribution in [0.4, 0.5) is 0 Å². The Labute approximate surface area is 276 Å². The third-order valence-electron chi connectivity index (χ3n) is 13.7. The summed E-state index contributed by atoms with van der Waals surface area (Å²) in [6, 6.07) is 0. The van der Waals surface area contributed by atoms with Crippen LogP contribution in [-0.2, 0) is 28.7 Å². The van der Waals surface area contributed by atoms with Gasteiger partial charge in [-0.05, 0) is 103 Å². The zero-order valence-electron chi connectivity index (χ0n) is 30.0. The lowest BCUT2D eigenvalue weighted by Gasteiger charge is -2.68. The molecule has 8 nitrogen and oxygen atoms in total. The summed E-state index contributed by atoms with van der Waals surface area (Å²) >= 11 is 0. The van der Waals surface area contributed by atoms with Gasteiger partial charge in [0.25, 0.3) is 0 Å². The first-order valence-electron chi connectivity index (χ1n) is 17.7. The number of hydrogen-bond donors (Lipinski definition) is 1. The van der Waals surface area contributed by atoms with E-state index < -0.39 is 22.8 Å². The molecule has 0 aromatic carbocycles. The second kappa shape index (κ2) is 11.6. The molecule has 0 spiro atoms. The average Bonchev–Trinajstić information content (AvgIpc) is 3.25. The molecular formula is C38H58N2O6. The molecule has 5 aliphatic rings. The first kappa shape index (κ1) is 34.8. The summed E-state index contributed by atoms with van der Waals surface area (Å²) in [5, 5.41) is 3.14. The number of likely N-dealkylation sites (N-methyl/N-ethyl adjacent to an activating group) is 1. The summed E-state index contributed by atoms with van der Waals surface area (Å²) in [5.41, 5.74) is 0.495. The Morgan fingerprint density at radius 3 is 2.22 bits per heavy atom. The largest absolute Gasteiger partial charge is 0.462 e. The summed E-state index contributed by atoms with van der Waals surface area (Å²) in [4.78, 5) is 65.2. The Morgan fingerprint density at radius 2 is 1.61 bits per heavy atom. The summed E-state index contributed by atoms with van der Waals surface area (Å²) in [5.74, 6) is 0.195. The molecule has 0 radical (unpaired) electrons. The predicted octanol–water partition coefficient (Wildman–Crippen LogP) is 6.06. The molecule has 8 heteroatoms. The van der Waals surface area contributed by atoms with Crippen LogP contribution in [0.25, 0.3) is 0 Å². The normalized spacial score (nSPS) is 38.2. The van der Waals surface area contributed by atoms with E-state index in [0.717, 1.165) is 62.4 Å². The second-order valence-electron chi connectivity index (χ2n) is 17.9. The van der Waals surface area contributed by atoms with Gasteiger partial charge in [-0.25, -0.2) is 0 Å². The van der Waals surface area contributed by atoms with E-state index in [0.29, 0.717) is 24.2 Å². The molecule has 5 aliphatic carbocycles. The van der Waals surface area contributed by atoms with Gasteiger partial charge in [-0.2, -0.15) is 0 Å². The number of carbonyl (C=O) groups excluding carboxylic acids is 5. The van der Waals surface area contributed by atoms with Crippen molar-refractivity contribution in [2.75, 3.05) is 14.1 Å². The highest BCUT2D eigenvalue weighted by atomic mass is 16.5. The molecule has 0 aromatic rings. The van der Waals surface area contributed by atoms with Crippen molar-refractivity contribution >= 4 is 29.9 Å². The van der Waals surface area contributed by atoms with Gasteiger partial charge in [0, 0.05) is 31.3 Å². The number of ketones is 1. The van der Waals surface area contributed by atoms with Crippen molar-refractivity contribution in [3.63, 3.8) is 0 Å². The molecule has 0 aliphatic heterocycles. The van der Waals surface area contributed by atoms with E-state index in [9.17, 15) is 24.0 Å². The number of nitrogens with one attached hydrogen (secondary N) is 1. The Hall–Kier alpha value is -2.51. The number of allylic oxidation sites excluding steroid dienone is 1. The van der Waals surface area contributed by atoms with Crippen LogP contribution in [0.2, 0.25) is 0 Å². The average molecular weight is 639 g/mol. The van der Waals surface area contributed by atoms with Gasteiger partial charge >= 0.3 is 17.8 Å². The SMILES string of the molecule is CC(C)C1=C2C3CCC4C(C)(CCC5C(C)(C)C(OC(=O)CC(C)(C)C=O)CCC54C)C3CCC2(NC(=O)C(=O)N(C)C)CC1=O. The van der Waals surface area contributed by atoms with Crippen molar-refractivity contribution in [1.29, 1.82) is 0 Å². The molecule has 8 unspecified atom stereocenters. The number of fused-ring (bicyclic) bond motifs is 7. The van der Waals surface area contributed by atoms with Gasteiger partial charge in [0.2, 0.25) is 0 Å². The van der Waals surface area contributed by atoms with E-state index in [1.807, 2.05) is 0 Å². The van der Waals surface area contributed by atoms with Gasteiger partial charge in [-0.1, -0.05) is 55.4 Å². The minimum absolute atomic E-state index is 0.0549. The maximum absolute atomic E-state index is 13.7.